The van der Waals surface area contributed by atoms with Gasteiger partial charge in [0.1, 0.15) is 11.4 Å². The smallest absolute Gasteiger partial charge is 0.407 e. The molecule has 0 aliphatic carbocycles. The number of ether oxygens (including phenoxy) is 1. The normalized spacial score (nSPS) is 11.0. The molecule has 112 valence electrons. The van der Waals surface area contributed by atoms with Gasteiger partial charge in [-0.1, -0.05) is 0 Å². The van der Waals surface area contributed by atoms with Crippen molar-refractivity contribution >= 4 is 33.5 Å². The predicted molar refractivity (Wildman–Crippen MR) is 83.7 cm³/mol. The summed E-state index contributed by atoms with van der Waals surface area (Å²) >= 11 is 3.38. The summed E-state index contributed by atoms with van der Waals surface area (Å²) in [5.41, 5.74) is 5.74. The number of pyridine rings is 1. The summed E-state index contributed by atoms with van der Waals surface area (Å²) in [6.45, 7) is 6.72. The van der Waals surface area contributed by atoms with Crippen molar-refractivity contribution in [1.29, 1.82) is 0 Å². The van der Waals surface area contributed by atoms with E-state index in [1.54, 1.807) is 12.3 Å². The monoisotopic (exact) mass is 344 g/mol. The zero-order valence-corrected chi connectivity index (χ0v) is 13.6. The highest BCUT2D eigenvalue weighted by Crippen LogP contribution is 2.21. The van der Waals surface area contributed by atoms with Gasteiger partial charge in [0, 0.05) is 13.1 Å². The SMILES string of the molecule is CC(C)(C)OC(=O)NCCCNc1ncc(N)cc1Br. The summed E-state index contributed by atoms with van der Waals surface area (Å²) in [7, 11) is 0. The number of nitrogens with two attached hydrogens (primary N) is 1. The Morgan fingerprint density at radius 2 is 2.15 bits per heavy atom. The number of carbonyl (C=O) groups excluding carboxylic acids is 1. The van der Waals surface area contributed by atoms with Crippen LogP contribution in [0.4, 0.5) is 16.3 Å². The number of rotatable bonds is 5. The minimum atomic E-state index is -0.471. The van der Waals surface area contributed by atoms with Gasteiger partial charge in [0.05, 0.1) is 16.4 Å². The van der Waals surface area contributed by atoms with Crippen LogP contribution in [-0.4, -0.2) is 29.8 Å². The molecule has 0 fully saturated rings. The Hall–Kier alpha value is -1.50. The molecule has 20 heavy (non-hydrogen) atoms. The topological polar surface area (TPSA) is 89.3 Å². The largest absolute Gasteiger partial charge is 0.444 e. The van der Waals surface area contributed by atoms with Crippen LogP contribution in [0.3, 0.4) is 0 Å². The number of halogens is 1. The van der Waals surface area contributed by atoms with Crippen molar-refractivity contribution in [2.24, 2.45) is 0 Å². The fraction of sp³-hybridized carbons (Fsp3) is 0.538. The molecular weight excluding hydrogens is 324 g/mol. The molecule has 6 nitrogen and oxygen atoms in total. The first-order valence-electron chi connectivity index (χ1n) is 6.39. The molecule has 0 spiro atoms. The number of nitrogens with zero attached hydrogens (tertiary/aromatic N) is 1. The molecule has 0 saturated heterocycles. The van der Waals surface area contributed by atoms with Crippen molar-refractivity contribution in [3.05, 3.63) is 16.7 Å². The highest BCUT2D eigenvalue weighted by atomic mass is 79.9. The van der Waals surface area contributed by atoms with Crippen LogP contribution >= 0.6 is 15.9 Å². The maximum absolute atomic E-state index is 11.4. The van der Waals surface area contributed by atoms with Gasteiger partial charge in [-0.2, -0.15) is 0 Å². The van der Waals surface area contributed by atoms with Gasteiger partial charge in [0.15, 0.2) is 0 Å². The van der Waals surface area contributed by atoms with Crippen molar-refractivity contribution < 1.29 is 9.53 Å². The van der Waals surface area contributed by atoms with E-state index in [0.717, 1.165) is 16.7 Å². The summed E-state index contributed by atoms with van der Waals surface area (Å²) < 4.78 is 5.95. The van der Waals surface area contributed by atoms with Crippen LogP contribution in [-0.2, 0) is 4.74 Å². The highest BCUT2D eigenvalue weighted by molar-refractivity contribution is 9.10. The van der Waals surface area contributed by atoms with Crippen molar-refractivity contribution in [3.63, 3.8) is 0 Å². The Kier molecular flexibility index (Phi) is 6.06. The molecule has 0 radical (unpaired) electrons. The molecule has 1 heterocycles. The van der Waals surface area contributed by atoms with Crippen LogP contribution < -0.4 is 16.4 Å². The lowest BCUT2D eigenvalue weighted by Crippen LogP contribution is -2.33. The van der Waals surface area contributed by atoms with Crippen molar-refractivity contribution in [3.8, 4) is 0 Å². The van der Waals surface area contributed by atoms with Gasteiger partial charge in [0.25, 0.3) is 0 Å². The standard InChI is InChI=1S/C13H21BrN4O2/c1-13(2,3)20-12(19)17-6-4-5-16-11-10(14)7-9(15)8-18-11/h7-8H,4-6,15H2,1-3H3,(H,16,18)(H,17,19). The molecule has 4 N–H and O–H groups in total. The van der Waals surface area contributed by atoms with Gasteiger partial charge in [-0.3, -0.25) is 0 Å². The number of hydrogen-bond donors (Lipinski definition) is 3. The fourth-order valence-electron chi connectivity index (χ4n) is 1.38. The van der Waals surface area contributed by atoms with Crippen LogP contribution in [0.1, 0.15) is 27.2 Å². The number of aromatic nitrogens is 1. The van der Waals surface area contributed by atoms with E-state index in [1.165, 1.54) is 0 Å². The second-order valence-corrected chi connectivity index (χ2v) is 6.16. The van der Waals surface area contributed by atoms with Crippen LogP contribution in [0.15, 0.2) is 16.7 Å². The van der Waals surface area contributed by atoms with Crippen LogP contribution in [0.25, 0.3) is 0 Å². The number of alkyl carbamates (subject to hydrolysis) is 1. The van der Waals surface area contributed by atoms with Gasteiger partial charge in [0.2, 0.25) is 0 Å². The maximum Gasteiger partial charge on any atom is 0.407 e. The lowest BCUT2D eigenvalue weighted by atomic mass is 10.2. The molecule has 0 saturated carbocycles. The summed E-state index contributed by atoms with van der Waals surface area (Å²) in [5, 5.41) is 5.85. The van der Waals surface area contributed by atoms with Crippen LogP contribution in [0, 0.1) is 0 Å². The fourth-order valence-corrected chi connectivity index (χ4v) is 1.89. The molecule has 0 aliphatic heterocycles. The molecule has 0 aromatic carbocycles. The zero-order chi connectivity index (χ0) is 15.2. The first kappa shape index (κ1) is 16.6. The molecule has 0 atom stereocenters. The van der Waals surface area contributed by atoms with E-state index in [1.807, 2.05) is 20.8 Å². The quantitative estimate of drug-likeness (QED) is 0.714. The second kappa shape index (κ2) is 7.33. The van der Waals surface area contributed by atoms with Crippen molar-refractivity contribution in [2.75, 3.05) is 24.1 Å². The zero-order valence-electron chi connectivity index (χ0n) is 12.0. The third kappa shape index (κ3) is 6.60. The second-order valence-electron chi connectivity index (χ2n) is 5.31. The molecular formula is C13H21BrN4O2. The molecule has 1 rings (SSSR count). The minimum absolute atomic E-state index is 0.399. The van der Waals surface area contributed by atoms with Gasteiger partial charge < -0.3 is 21.1 Å². The van der Waals surface area contributed by atoms with Gasteiger partial charge >= 0.3 is 6.09 Å². The maximum atomic E-state index is 11.4. The molecule has 0 aliphatic rings. The van der Waals surface area contributed by atoms with E-state index in [-0.39, 0.29) is 0 Å². The molecule has 0 unspecified atom stereocenters. The van der Waals surface area contributed by atoms with Crippen molar-refractivity contribution in [2.45, 2.75) is 32.8 Å². The van der Waals surface area contributed by atoms with E-state index < -0.39 is 11.7 Å². The van der Waals surface area contributed by atoms with E-state index in [9.17, 15) is 4.79 Å². The number of hydrogen-bond acceptors (Lipinski definition) is 5. The molecule has 0 bridgehead atoms. The Labute approximate surface area is 127 Å². The van der Waals surface area contributed by atoms with E-state index in [0.29, 0.717) is 18.8 Å². The summed E-state index contributed by atoms with van der Waals surface area (Å²) in [6.07, 6.45) is 1.95. The molecule has 7 heteroatoms. The minimum Gasteiger partial charge on any atom is -0.444 e. The summed E-state index contributed by atoms with van der Waals surface area (Å²) in [5.74, 6) is 0.733. The first-order valence-corrected chi connectivity index (χ1v) is 7.19. The van der Waals surface area contributed by atoms with E-state index in [4.69, 9.17) is 10.5 Å². The van der Waals surface area contributed by atoms with Gasteiger partial charge in [-0.25, -0.2) is 9.78 Å². The van der Waals surface area contributed by atoms with Gasteiger partial charge in [-0.05, 0) is 49.2 Å². The average molecular weight is 345 g/mol. The Morgan fingerprint density at radius 3 is 2.75 bits per heavy atom. The molecule has 1 aromatic heterocycles. The number of nitrogens with one attached hydrogen (secondary N) is 2. The van der Waals surface area contributed by atoms with E-state index >= 15 is 0 Å². The third-order valence-corrected chi connectivity index (χ3v) is 2.78. The average Bonchev–Trinajstić information content (AvgIpc) is 2.28. The van der Waals surface area contributed by atoms with Crippen LogP contribution in [0.2, 0.25) is 0 Å². The summed E-state index contributed by atoms with van der Waals surface area (Å²) in [6, 6.07) is 1.79. The Balaban J connectivity index is 2.21. The number of anilines is 2. The van der Waals surface area contributed by atoms with Crippen LogP contribution in [0.5, 0.6) is 0 Å². The Morgan fingerprint density at radius 1 is 1.45 bits per heavy atom. The number of amides is 1. The Bertz CT molecular complexity index is 460. The third-order valence-electron chi connectivity index (χ3n) is 2.18. The highest BCUT2D eigenvalue weighted by Gasteiger charge is 2.15. The molecule has 1 aromatic rings. The lowest BCUT2D eigenvalue weighted by molar-refractivity contribution is 0.0528. The van der Waals surface area contributed by atoms with E-state index in [2.05, 4.69) is 31.5 Å². The summed E-state index contributed by atoms with van der Waals surface area (Å²) in [4.78, 5) is 15.6. The predicted octanol–water partition coefficient (Wildman–Crippen LogP) is 2.75. The van der Waals surface area contributed by atoms with Gasteiger partial charge in [-0.15, -0.1) is 0 Å². The van der Waals surface area contributed by atoms with Crippen molar-refractivity contribution in [1.82, 2.24) is 10.3 Å². The number of nitrogen functional groups attached to an aromatic ring is 1. The lowest BCUT2D eigenvalue weighted by Gasteiger charge is -2.19. The first-order chi connectivity index (χ1) is 9.28. The number of carbonyl (C=O) groups is 1. The molecule has 1 amide bonds.